The van der Waals surface area contributed by atoms with Crippen LogP contribution in [0.3, 0.4) is 0 Å². The van der Waals surface area contributed by atoms with Gasteiger partial charge in [0.05, 0.1) is 22.1 Å². The molecule has 0 radical (unpaired) electrons. The maximum Gasteiger partial charge on any atom is 0.167 e. The standard InChI is InChI=1S/C53H42N6/c1-33(2)40-29-36(35-17-7-5-8-18-35)30-41(34(3)4)51(40)53-55-44-26-27-50(56-52(44)57(53)37-19-9-6-10-20-37)59-46-24-14-12-22-39(46)43-31-42-38-21-11-13-23-45(38)58(47(42)32-48(43)59)49-25-15-16-28-54-49/h5-34H,1-4H3. The van der Waals surface area contributed by atoms with Crippen LogP contribution in [0.1, 0.15) is 50.7 Å². The first-order valence-electron chi connectivity index (χ1n) is 20.5. The molecule has 284 valence electrons. The molecule has 0 atom stereocenters. The summed E-state index contributed by atoms with van der Waals surface area (Å²) in [6.07, 6.45) is 1.86. The van der Waals surface area contributed by atoms with E-state index in [0.717, 1.165) is 56.4 Å². The number of benzene rings is 6. The number of hydrogen-bond acceptors (Lipinski definition) is 3. The molecular formula is C53H42N6. The molecule has 0 N–H and O–H groups in total. The van der Waals surface area contributed by atoms with Crippen LogP contribution < -0.4 is 0 Å². The van der Waals surface area contributed by atoms with Gasteiger partial charge in [0, 0.05) is 39.0 Å². The molecule has 6 aromatic carbocycles. The van der Waals surface area contributed by atoms with Gasteiger partial charge in [-0.05, 0) is 94.8 Å². The minimum Gasteiger partial charge on any atom is -0.294 e. The third-order valence-corrected chi connectivity index (χ3v) is 11.9. The molecule has 5 aromatic heterocycles. The second-order valence-corrected chi connectivity index (χ2v) is 16.1. The van der Waals surface area contributed by atoms with Gasteiger partial charge in [-0.1, -0.05) is 131 Å². The van der Waals surface area contributed by atoms with Gasteiger partial charge < -0.3 is 0 Å². The Hall–Kier alpha value is -7.31. The Morgan fingerprint density at radius 3 is 1.61 bits per heavy atom. The van der Waals surface area contributed by atoms with Gasteiger partial charge in [0.25, 0.3) is 0 Å². The molecule has 11 aromatic rings. The summed E-state index contributed by atoms with van der Waals surface area (Å²) in [4.78, 5) is 15.9. The molecular weight excluding hydrogens is 721 g/mol. The van der Waals surface area contributed by atoms with Crippen molar-refractivity contribution in [3.05, 3.63) is 181 Å². The topological polar surface area (TPSA) is 53.5 Å². The molecule has 0 spiro atoms. The fourth-order valence-electron chi connectivity index (χ4n) is 9.13. The summed E-state index contributed by atoms with van der Waals surface area (Å²) in [6, 6.07) is 58.4. The van der Waals surface area contributed by atoms with Gasteiger partial charge >= 0.3 is 0 Å². The molecule has 0 unspecified atom stereocenters. The molecule has 0 saturated heterocycles. The Morgan fingerprint density at radius 1 is 0.424 bits per heavy atom. The highest BCUT2D eigenvalue weighted by atomic mass is 15.2. The Morgan fingerprint density at radius 2 is 1.00 bits per heavy atom. The normalized spacial score (nSPS) is 12.0. The molecule has 0 bridgehead atoms. The predicted molar refractivity (Wildman–Crippen MR) is 244 cm³/mol. The van der Waals surface area contributed by atoms with Gasteiger partial charge in [0.15, 0.2) is 5.65 Å². The Labute approximate surface area is 342 Å². The van der Waals surface area contributed by atoms with Gasteiger partial charge in [-0.25, -0.2) is 15.0 Å². The minimum atomic E-state index is 0.259. The summed E-state index contributed by atoms with van der Waals surface area (Å²) in [5, 5.41) is 4.75. The van der Waals surface area contributed by atoms with Crippen LogP contribution in [0, 0.1) is 0 Å². The molecule has 0 aliphatic carbocycles. The van der Waals surface area contributed by atoms with E-state index in [-0.39, 0.29) is 11.8 Å². The SMILES string of the molecule is CC(C)c1cc(-c2ccccc2)cc(C(C)C)c1-c1nc2ccc(-n3c4ccccc4c4cc5c6ccccc6n(-c6ccccn6)c5cc43)nc2n1-c1ccccc1. The van der Waals surface area contributed by atoms with Crippen LogP contribution in [0.15, 0.2) is 170 Å². The Balaban J connectivity index is 1.20. The number of imidazole rings is 1. The lowest BCUT2D eigenvalue weighted by atomic mass is 9.85. The summed E-state index contributed by atoms with van der Waals surface area (Å²) in [7, 11) is 0. The van der Waals surface area contributed by atoms with Crippen molar-refractivity contribution in [3.63, 3.8) is 0 Å². The first-order chi connectivity index (χ1) is 28.9. The van der Waals surface area contributed by atoms with Crippen molar-refractivity contribution < 1.29 is 0 Å². The van der Waals surface area contributed by atoms with Crippen molar-refractivity contribution in [1.82, 2.24) is 28.7 Å². The molecule has 59 heavy (non-hydrogen) atoms. The van der Waals surface area contributed by atoms with Crippen LogP contribution in [0.4, 0.5) is 0 Å². The van der Waals surface area contributed by atoms with Crippen molar-refractivity contribution in [2.45, 2.75) is 39.5 Å². The molecule has 6 heteroatoms. The summed E-state index contributed by atoms with van der Waals surface area (Å²) in [6.45, 7) is 9.15. The number of hydrogen-bond donors (Lipinski definition) is 0. The lowest BCUT2D eigenvalue weighted by molar-refractivity contribution is 0.833. The summed E-state index contributed by atoms with van der Waals surface area (Å²) in [5.41, 5.74) is 13.3. The van der Waals surface area contributed by atoms with E-state index >= 15 is 0 Å². The van der Waals surface area contributed by atoms with Crippen LogP contribution in [-0.2, 0) is 0 Å². The zero-order chi connectivity index (χ0) is 39.8. The van der Waals surface area contributed by atoms with Crippen LogP contribution in [-0.4, -0.2) is 28.7 Å². The zero-order valence-electron chi connectivity index (χ0n) is 33.5. The van der Waals surface area contributed by atoms with Crippen molar-refractivity contribution in [3.8, 4) is 39.8 Å². The number of nitrogens with zero attached hydrogens (tertiary/aromatic N) is 6. The van der Waals surface area contributed by atoms with E-state index in [0.29, 0.717) is 0 Å². The lowest BCUT2D eigenvalue weighted by Crippen LogP contribution is -2.07. The van der Waals surface area contributed by atoms with Crippen molar-refractivity contribution in [2.24, 2.45) is 0 Å². The summed E-state index contributed by atoms with van der Waals surface area (Å²) in [5.74, 6) is 3.15. The third kappa shape index (κ3) is 5.51. The van der Waals surface area contributed by atoms with Gasteiger partial charge in [0.2, 0.25) is 0 Å². The number of pyridine rings is 2. The van der Waals surface area contributed by atoms with Crippen LogP contribution in [0.25, 0.3) is 94.6 Å². The average Bonchev–Trinajstić information content (AvgIpc) is 3.93. The van der Waals surface area contributed by atoms with E-state index in [9.17, 15) is 0 Å². The maximum absolute atomic E-state index is 5.60. The van der Waals surface area contributed by atoms with Gasteiger partial charge in [-0.3, -0.25) is 13.7 Å². The third-order valence-electron chi connectivity index (χ3n) is 11.9. The molecule has 0 aliphatic rings. The largest absolute Gasteiger partial charge is 0.294 e. The zero-order valence-corrected chi connectivity index (χ0v) is 33.5. The second-order valence-electron chi connectivity index (χ2n) is 16.1. The second kappa shape index (κ2) is 13.7. The van der Waals surface area contributed by atoms with Crippen LogP contribution in [0.2, 0.25) is 0 Å². The maximum atomic E-state index is 5.60. The number of para-hydroxylation sites is 3. The molecule has 5 heterocycles. The lowest BCUT2D eigenvalue weighted by Gasteiger charge is -2.22. The van der Waals surface area contributed by atoms with E-state index < -0.39 is 0 Å². The van der Waals surface area contributed by atoms with Crippen LogP contribution in [0.5, 0.6) is 0 Å². The molecule has 0 amide bonds. The fraction of sp³-hybridized carbons (Fsp3) is 0.113. The molecule has 0 aliphatic heterocycles. The highest BCUT2D eigenvalue weighted by Gasteiger charge is 2.26. The van der Waals surface area contributed by atoms with Gasteiger partial charge in [-0.15, -0.1) is 0 Å². The summed E-state index contributed by atoms with van der Waals surface area (Å²) < 4.78 is 6.88. The van der Waals surface area contributed by atoms with E-state index in [1.807, 2.05) is 18.3 Å². The van der Waals surface area contributed by atoms with Gasteiger partial charge in [0.1, 0.15) is 23.0 Å². The highest BCUT2D eigenvalue weighted by molar-refractivity contribution is 6.19. The number of rotatable bonds is 7. The minimum absolute atomic E-state index is 0.259. The molecule has 6 nitrogen and oxygen atoms in total. The highest BCUT2D eigenvalue weighted by Crippen LogP contribution is 2.43. The van der Waals surface area contributed by atoms with E-state index in [1.54, 1.807) is 0 Å². The van der Waals surface area contributed by atoms with E-state index in [2.05, 4.69) is 193 Å². The van der Waals surface area contributed by atoms with Crippen molar-refractivity contribution in [2.75, 3.05) is 0 Å². The van der Waals surface area contributed by atoms with E-state index in [1.165, 1.54) is 49.4 Å². The smallest absolute Gasteiger partial charge is 0.167 e. The fourth-order valence-corrected chi connectivity index (χ4v) is 9.13. The first-order valence-corrected chi connectivity index (χ1v) is 20.5. The number of fused-ring (bicyclic) bond motifs is 7. The number of aromatic nitrogens is 6. The Kier molecular flexibility index (Phi) is 8.09. The van der Waals surface area contributed by atoms with Gasteiger partial charge in [-0.2, -0.15) is 0 Å². The molecule has 0 saturated carbocycles. The molecule has 11 rings (SSSR count). The summed E-state index contributed by atoms with van der Waals surface area (Å²) >= 11 is 0. The molecule has 0 fully saturated rings. The van der Waals surface area contributed by atoms with Crippen LogP contribution >= 0.6 is 0 Å². The van der Waals surface area contributed by atoms with Crippen molar-refractivity contribution >= 4 is 54.8 Å². The van der Waals surface area contributed by atoms with Crippen molar-refractivity contribution in [1.29, 1.82) is 0 Å². The monoisotopic (exact) mass is 762 g/mol. The average molecular weight is 763 g/mol. The predicted octanol–water partition coefficient (Wildman–Crippen LogP) is 13.6. The van der Waals surface area contributed by atoms with E-state index in [4.69, 9.17) is 15.0 Å². The first kappa shape index (κ1) is 34.9. The quantitative estimate of drug-likeness (QED) is 0.162. The Bertz CT molecular complexity index is 3340.